The fourth-order valence-corrected chi connectivity index (χ4v) is 3.84. The van der Waals surface area contributed by atoms with Crippen molar-refractivity contribution in [3.63, 3.8) is 0 Å². The number of phenols is 1. The van der Waals surface area contributed by atoms with Gasteiger partial charge in [-0.1, -0.05) is 51.7 Å². The van der Waals surface area contributed by atoms with E-state index in [1.54, 1.807) is 12.1 Å². The Balaban J connectivity index is 1.71. The molecule has 0 atom stereocenters. The number of carbonyl (C=O) groups is 1. The second-order valence-electron chi connectivity index (χ2n) is 8.17. The Morgan fingerprint density at radius 1 is 0.903 bits per heavy atom. The summed E-state index contributed by atoms with van der Waals surface area (Å²) in [6.45, 7) is 6.82. The predicted octanol–water partition coefficient (Wildman–Crippen LogP) is 5.73. The van der Waals surface area contributed by atoms with Crippen molar-refractivity contribution in [2.75, 3.05) is 19.8 Å². The van der Waals surface area contributed by atoms with E-state index < -0.39 is 0 Å². The summed E-state index contributed by atoms with van der Waals surface area (Å²) in [5.41, 5.74) is 2.76. The van der Waals surface area contributed by atoms with Gasteiger partial charge in [0.1, 0.15) is 5.75 Å². The van der Waals surface area contributed by atoms with Crippen molar-refractivity contribution in [2.24, 2.45) is 0 Å². The summed E-state index contributed by atoms with van der Waals surface area (Å²) in [6, 6.07) is 10.9. The van der Waals surface area contributed by atoms with E-state index in [-0.39, 0.29) is 11.7 Å². The van der Waals surface area contributed by atoms with E-state index in [4.69, 9.17) is 9.47 Å². The van der Waals surface area contributed by atoms with Gasteiger partial charge in [0.15, 0.2) is 11.5 Å². The van der Waals surface area contributed by atoms with E-state index in [1.807, 2.05) is 29.2 Å². The van der Waals surface area contributed by atoms with Gasteiger partial charge in [-0.15, -0.1) is 0 Å². The van der Waals surface area contributed by atoms with Crippen LogP contribution in [0.1, 0.15) is 73.9 Å². The van der Waals surface area contributed by atoms with Crippen LogP contribution in [0.2, 0.25) is 0 Å². The minimum atomic E-state index is 0.0460. The maximum Gasteiger partial charge on any atom is 0.254 e. The standard InChI is InChI=1S/C26H35NO4/c1-3-5-7-17-30-24-14-13-22-23(25(24)31-18-8-6-4-2)19-27(26(22)29)16-15-20-9-11-21(28)12-10-20/h9-14,28H,3-8,15-19H2,1-2H3. The van der Waals surface area contributed by atoms with E-state index in [0.717, 1.165) is 73.1 Å². The molecule has 168 valence electrons. The number of hydrogen-bond acceptors (Lipinski definition) is 4. The van der Waals surface area contributed by atoms with Crippen molar-refractivity contribution in [2.45, 2.75) is 65.3 Å². The second kappa shape index (κ2) is 11.6. The van der Waals surface area contributed by atoms with Crippen molar-refractivity contribution in [3.8, 4) is 17.2 Å². The predicted molar refractivity (Wildman–Crippen MR) is 123 cm³/mol. The maximum atomic E-state index is 13.0. The number of unbranched alkanes of at least 4 members (excludes halogenated alkanes) is 4. The number of hydrogen-bond donors (Lipinski definition) is 1. The zero-order valence-corrected chi connectivity index (χ0v) is 18.9. The highest BCUT2D eigenvalue weighted by atomic mass is 16.5. The number of benzene rings is 2. The monoisotopic (exact) mass is 425 g/mol. The van der Waals surface area contributed by atoms with Crippen molar-refractivity contribution < 1.29 is 19.4 Å². The molecule has 1 aliphatic rings. The van der Waals surface area contributed by atoms with Gasteiger partial charge in [0.25, 0.3) is 5.91 Å². The van der Waals surface area contributed by atoms with E-state index in [2.05, 4.69) is 13.8 Å². The van der Waals surface area contributed by atoms with Crippen LogP contribution in [0, 0.1) is 0 Å². The highest BCUT2D eigenvalue weighted by molar-refractivity contribution is 5.99. The molecular weight excluding hydrogens is 390 g/mol. The van der Waals surface area contributed by atoms with Gasteiger partial charge in [0.2, 0.25) is 0 Å². The molecule has 1 heterocycles. The minimum absolute atomic E-state index is 0.0460. The van der Waals surface area contributed by atoms with Crippen LogP contribution in [0.3, 0.4) is 0 Å². The van der Waals surface area contributed by atoms with Crippen LogP contribution < -0.4 is 9.47 Å². The molecule has 0 bridgehead atoms. The maximum absolute atomic E-state index is 13.0. The molecule has 2 aromatic rings. The number of phenolic OH excluding ortho intramolecular Hbond substituents is 1. The highest BCUT2D eigenvalue weighted by Crippen LogP contribution is 2.39. The van der Waals surface area contributed by atoms with Gasteiger partial charge in [-0.2, -0.15) is 0 Å². The summed E-state index contributed by atoms with van der Waals surface area (Å²) in [7, 11) is 0. The van der Waals surface area contributed by atoms with Crippen LogP contribution in [-0.2, 0) is 13.0 Å². The van der Waals surface area contributed by atoms with Gasteiger partial charge >= 0.3 is 0 Å². The van der Waals surface area contributed by atoms with Crippen LogP contribution in [0.15, 0.2) is 36.4 Å². The van der Waals surface area contributed by atoms with E-state index in [9.17, 15) is 9.90 Å². The molecule has 0 aromatic heterocycles. The molecule has 0 fully saturated rings. The number of ether oxygens (including phenoxy) is 2. The topological polar surface area (TPSA) is 59.0 Å². The second-order valence-corrected chi connectivity index (χ2v) is 8.17. The molecule has 1 aliphatic heterocycles. The molecule has 0 unspecified atom stereocenters. The normalized spacial score (nSPS) is 12.8. The average Bonchev–Trinajstić information content (AvgIpc) is 3.10. The van der Waals surface area contributed by atoms with Crippen LogP contribution >= 0.6 is 0 Å². The summed E-state index contributed by atoms with van der Waals surface area (Å²) in [5.74, 6) is 1.79. The molecule has 31 heavy (non-hydrogen) atoms. The summed E-state index contributed by atoms with van der Waals surface area (Å²) < 4.78 is 12.2. The summed E-state index contributed by atoms with van der Waals surface area (Å²) in [6.07, 6.45) is 7.31. The lowest BCUT2D eigenvalue weighted by molar-refractivity contribution is 0.0780. The SMILES string of the molecule is CCCCCOc1ccc2c(c1OCCCCC)CN(CCc1ccc(O)cc1)C2=O. The number of nitrogens with zero attached hydrogens (tertiary/aromatic N) is 1. The third-order valence-electron chi connectivity index (χ3n) is 5.70. The molecule has 1 amide bonds. The third kappa shape index (κ3) is 6.16. The fraction of sp³-hybridized carbons (Fsp3) is 0.500. The Bertz CT molecular complexity index is 847. The van der Waals surface area contributed by atoms with E-state index in [1.165, 1.54) is 0 Å². The van der Waals surface area contributed by atoms with Crippen LogP contribution in [0.25, 0.3) is 0 Å². The van der Waals surface area contributed by atoms with Crippen LogP contribution in [-0.4, -0.2) is 35.7 Å². The molecule has 0 radical (unpaired) electrons. The van der Waals surface area contributed by atoms with Gasteiger partial charge < -0.3 is 19.5 Å². The third-order valence-corrected chi connectivity index (χ3v) is 5.70. The molecular formula is C26H35NO4. The van der Waals surface area contributed by atoms with Crippen molar-refractivity contribution in [1.29, 1.82) is 0 Å². The number of amides is 1. The van der Waals surface area contributed by atoms with Crippen LogP contribution in [0.4, 0.5) is 0 Å². The number of rotatable bonds is 13. The Hall–Kier alpha value is -2.69. The van der Waals surface area contributed by atoms with Gasteiger partial charge in [0.05, 0.1) is 19.8 Å². The molecule has 0 aliphatic carbocycles. The first-order chi connectivity index (χ1) is 15.1. The molecule has 2 aromatic carbocycles. The average molecular weight is 426 g/mol. The molecule has 5 heteroatoms. The Morgan fingerprint density at radius 3 is 2.26 bits per heavy atom. The smallest absolute Gasteiger partial charge is 0.254 e. The number of carbonyl (C=O) groups excluding carboxylic acids is 1. The summed E-state index contributed by atoms with van der Waals surface area (Å²) >= 11 is 0. The molecule has 0 saturated heterocycles. The zero-order chi connectivity index (χ0) is 22.1. The van der Waals surface area contributed by atoms with E-state index in [0.29, 0.717) is 26.3 Å². The molecule has 1 N–H and O–H groups in total. The van der Waals surface area contributed by atoms with Gasteiger partial charge in [0, 0.05) is 17.7 Å². The molecule has 3 rings (SSSR count). The minimum Gasteiger partial charge on any atom is -0.508 e. The largest absolute Gasteiger partial charge is 0.508 e. The van der Waals surface area contributed by atoms with Crippen molar-refractivity contribution >= 4 is 5.91 Å². The molecule has 0 saturated carbocycles. The zero-order valence-electron chi connectivity index (χ0n) is 18.9. The van der Waals surface area contributed by atoms with Gasteiger partial charge in [-0.3, -0.25) is 4.79 Å². The molecule has 0 spiro atoms. The molecule has 5 nitrogen and oxygen atoms in total. The first-order valence-electron chi connectivity index (χ1n) is 11.6. The lowest BCUT2D eigenvalue weighted by Crippen LogP contribution is -2.26. The Morgan fingerprint density at radius 2 is 1.58 bits per heavy atom. The summed E-state index contributed by atoms with van der Waals surface area (Å²) in [5, 5.41) is 9.46. The summed E-state index contributed by atoms with van der Waals surface area (Å²) in [4.78, 5) is 14.9. The Kier molecular flexibility index (Phi) is 8.63. The van der Waals surface area contributed by atoms with Crippen LogP contribution in [0.5, 0.6) is 17.2 Å². The first kappa shape index (κ1) is 23.0. The fourth-order valence-electron chi connectivity index (χ4n) is 3.84. The highest BCUT2D eigenvalue weighted by Gasteiger charge is 2.31. The quantitative estimate of drug-likeness (QED) is 0.417. The van der Waals surface area contributed by atoms with Gasteiger partial charge in [-0.25, -0.2) is 0 Å². The lowest BCUT2D eigenvalue weighted by Gasteiger charge is -2.17. The Labute approximate surface area is 186 Å². The van der Waals surface area contributed by atoms with Crippen molar-refractivity contribution in [1.82, 2.24) is 4.90 Å². The van der Waals surface area contributed by atoms with Crippen molar-refractivity contribution in [3.05, 3.63) is 53.1 Å². The van der Waals surface area contributed by atoms with E-state index >= 15 is 0 Å². The number of fused-ring (bicyclic) bond motifs is 1. The first-order valence-corrected chi connectivity index (χ1v) is 11.6. The number of aromatic hydroxyl groups is 1. The lowest BCUT2D eigenvalue weighted by atomic mass is 10.1. The van der Waals surface area contributed by atoms with Gasteiger partial charge in [-0.05, 0) is 49.1 Å².